The molecule has 1 aromatic rings. The maximum atomic E-state index is 4.51. The first kappa shape index (κ1) is 12.6. The molecule has 1 aromatic heterocycles. The number of rotatable bonds is 3. The molecule has 15 heavy (non-hydrogen) atoms. The molecule has 0 aromatic carbocycles. The number of thiol groups is 1. The molecule has 1 rings (SSSR count). The van der Waals surface area contributed by atoms with Crippen LogP contribution >= 0.6 is 12.6 Å². The van der Waals surface area contributed by atoms with E-state index in [0.717, 1.165) is 18.7 Å². The van der Waals surface area contributed by atoms with Crippen LogP contribution in [0.2, 0.25) is 0 Å². The maximum Gasteiger partial charge on any atom is 0.111 e. The number of aromatic amines is 1. The molecule has 1 N–H and O–H groups in total. The van der Waals surface area contributed by atoms with Gasteiger partial charge in [-0.05, 0) is 12.8 Å². The van der Waals surface area contributed by atoms with Crippen LogP contribution in [-0.2, 0) is 11.8 Å². The number of aromatic nitrogens is 2. The third-order valence-corrected chi connectivity index (χ3v) is 2.57. The molecule has 0 atom stereocenters. The number of aryl methyl sites for hydroxylation is 1. The molecule has 1 heterocycles. The van der Waals surface area contributed by atoms with Crippen molar-refractivity contribution >= 4 is 12.6 Å². The Balaban J connectivity index is 2.62. The summed E-state index contributed by atoms with van der Waals surface area (Å²) in [6, 6.07) is 0. The lowest BCUT2D eigenvalue weighted by Gasteiger charge is -2.16. The highest BCUT2D eigenvalue weighted by atomic mass is 32.1. The lowest BCUT2D eigenvalue weighted by Crippen LogP contribution is -2.14. The molecule has 0 aliphatic carbocycles. The topological polar surface area (TPSA) is 28.7 Å². The van der Waals surface area contributed by atoms with Crippen molar-refractivity contribution in [1.29, 1.82) is 0 Å². The number of H-pyrrole nitrogens is 1. The summed E-state index contributed by atoms with van der Waals surface area (Å²) in [7, 11) is 0. The summed E-state index contributed by atoms with van der Waals surface area (Å²) < 4.78 is 0.0903. The summed E-state index contributed by atoms with van der Waals surface area (Å²) in [5.74, 6) is 1.06. The number of nitrogens with zero attached hydrogens (tertiary/aromatic N) is 1. The molecule has 0 aliphatic heterocycles. The zero-order valence-corrected chi connectivity index (χ0v) is 11.3. The predicted octanol–water partition coefficient (Wildman–Crippen LogP) is 3.35. The molecule has 0 saturated carbocycles. The largest absolute Gasteiger partial charge is 0.345 e. The summed E-state index contributed by atoms with van der Waals surface area (Å²) in [4.78, 5) is 7.79. The molecule has 0 saturated heterocycles. The van der Waals surface area contributed by atoms with Gasteiger partial charge in [0, 0.05) is 22.1 Å². The van der Waals surface area contributed by atoms with E-state index in [1.165, 1.54) is 5.69 Å². The second-order valence-electron chi connectivity index (χ2n) is 5.82. The minimum Gasteiger partial charge on any atom is -0.345 e. The van der Waals surface area contributed by atoms with Crippen LogP contribution in [0.15, 0.2) is 6.20 Å². The zero-order chi connectivity index (χ0) is 11.7. The number of nitrogens with one attached hydrogen (secondary N) is 1. The fourth-order valence-corrected chi connectivity index (χ4v) is 1.42. The minimum atomic E-state index is 0.0903. The molecular weight excluding hydrogens is 204 g/mol. The van der Waals surface area contributed by atoms with Gasteiger partial charge in [0.1, 0.15) is 5.82 Å². The second kappa shape index (κ2) is 4.20. The van der Waals surface area contributed by atoms with Crippen LogP contribution in [0.1, 0.15) is 52.6 Å². The molecule has 0 fully saturated rings. The zero-order valence-electron chi connectivity index (χ0n) is 10.4. The Morgan fingerprint density at radius 1 is 1.27 bits per heavy atom. The van der Waals surface area contributed by atoms with E-state index in [2.05, 4.69) is 57.2 Å². The Bertz CT molecular complexity index is 315. The highest BCUT2D eigenvalue weighted by Gasteiger charge is 2.18. The monoisotopic (exact) mass is 226 g/mol. The number of hydrogen-bond acceptors (Lipinski definition) is 2. The molecule has 86 valence electrons. The van der Waals surface area contributed by atoms with Crippen molar-refractivity contribution in [2.24, 2.45) is 0 Å². The molecule has 0 aliphatic rings. The van der Waals surface area contributed by atoms with Crippen molar-refractivity contribution < 1.29 is 0 Å². The van der Waals surface area contributed by atoms with Gasteiger partial charge in [-0.2, -0.15) is 12.6 Å². The molecule has 0 amide bonds. The van der Waals surface area contributed by atoms with E-state index < -0.39 is 0 Å². The van der Waals surface area contributed by atoms with Crippen molar-refractivity contribution in [3.63, 3.8) is 0 Å². The molecule has 0 unspecified atom stereocenters. The minimum absolute atomic E-state index is 0.0903. The SMILES string of the molecule is CC(C)(S)CCc1cnc(C(C)(C)C)[nH]1. The van der Waals surface area contributed by atoms with Crippen molar-refractivity contribution in [2.75, 3.05) is 0 Å². The van der Waals surface area contributed by atoms with Gasteiger partial charge in [-0.3, -0.25) is 0 Å². The summed E-state index contributed by atoms with van der Waals surface area (Å²) >= 11 is 4.51. The Morgan fingerprint density at radius 2 is 1.87 bits per heavy atom. The van der Waals surface area contributed by atoms with Gasteiger partial charge in [-0.15, -0.1) is 0 Å². The fraction of sp³-hybridized carbons (Fsp3) is 0.750. The predicted molar refractivity (Wildman–Crippen MR) is 68.7 cm³/mol. The third-order valence-electron chi connectivity index (χ3n) is 2.34. The van der Waals surface area contributed by atoms with E-state index in [0.29, 0.717) is 0 Å². The Morgan fingerprint density at radius 3 is 2.27 bits per heavy atom. The highest BCUT2D eigenvalue weighted by molar-refractivity contribution is 7.81. The van der Waals surface area contributed by atoms with Crippen LogP contribution in [0, 0.1) is 0 Å². The number of imidazole rings is 1. The van der Waals surface area contributed by atoms with Gasteiger partial charge in [-0.25, -0.2) is 4.98 Å². The van der Waals surface area contributed by atoms with Crippen LogP contribution in [0.25, 0.3) is 0 Å². The van der Waals surface area contributed by atoms with Gasteiger partial charge in [0.05, 0.1) is 0 Å². The first-order chi connectivity index (χ1) is 6.68. The van der Waals surface area contributed by atoms with Gasteiger partial charge in [0.25, 0.3) is 0 Å². The molecule has 0 spiro atoms. The Kier molecular flexibility index (Phi) is 3.54. The lowest BCUT2D eigenvalue weighted by molar-refractivity contribution is 0.549. The van der Waals surface area contributed by atoms with E-state index in [4.69, 9.17) is 0 Å². The molecular formula is C12H22N2S. The molecule has 0 radical (unpaired) electrons. The summed E-state index contributed by atoms with van der Waals surface area (Å²) in [5.41, 5.74) is 1.32. The summed E-state index contributed by atoms with van der Waals surface area (Å²) in [5, 5.41) is 0. The standard InChI is InChI=1S/C12H22N2S/c1-11(2,3)10-13-8-9(14-10)6-7-12(4,5)15/h8,15H,6-7H2,1-5H3,(H,13,14). The van der Waals surface area contributed by atoms with Gasteiger partial charge in [0.15, 0.2) is 0 Å². The fourth-order valence-electron chi connectivity index (χ4n) is 1.31. The van der Waals surface area contributed by atoms with E-state index >= 15 is 0 Å². The normalized spacial score (nSPS) is 13.2. The lowest BCUT2D eigenvalue weighted by atomic mass is 9.96. The van der Waals surface area contributed by atoms with Crippen LogP contribution < -0.4 is 0 Å². The summed E-state index contributed by atoms with van der Waals surface area (Å²) in [6.45, 7) is 10.8. The van der Waals surface area contributed by atoms with Gasteiger partial charge in [0.2, 0.25) is 0 Å². The van der Waals surface area contributed by atoms with Crippen molar-refractivity contribution in [2.45, 2.75) is 57.6 Å². The average molecular weight is 226 g/mol. The number of hydrogen-bond donors (Lipinski definition) is 2. The van der Waals surface area contributed by atoms with Crippen molar-refractivity contribution in [3.8, 4) is 0 Å². The van der Waals surface area contributed by atoms with Crippen molar-refractivity contribution in [3.05, 3.63) is 17.7 Å². The molecule has 2 nitrogen and oxygen atoms in total. The van der Waals surface area contributed by atoms with E-state index in [1.54, 1.807) is 0 Å². The van der Waals surface area contributed by atoms with Gasteiger partial charge in [-0.1, -0.05) is 34.6 Å². The van der Waals surface area contributed by atoms with Gasteiger partial charge < -0.3 is 4.98 Å². The van der Waals surface area contributed by atoms with Crippen LogP contribution in [0.4, 0.5) is 0 Å². The van der Waals surface area contributed by atoms with Crippen LogP contribution in [0.3, 0.4) is 0 Å². The van der Waals surface area contributed by atoms with E-state index in [-0.39, 0.29) is 10.2 Å². The Labute approximate surface area is 98.3 Å². The highest BCUT2D eigenvalue weighted by Crippen LogP contribution is 2.22. The summed E-state index contributed by atoms with van der Waals surface area (Å²) in [6.07, 6.45) is 4.02. The second-order valence-corrected chi connectivity index (χ2v) is 7.03. The first-order valence-corrected chi connectivity index (χ1v) is 5.90. The van der Waals surface area contributed by atoms with Crippen molar-refractivity contribution in [1.82, 2.24) is 9.97 Å². The van der Waals surface area contributed by atoms with Gasteiger partial charge >= 0.3 is 0 Å². The maximum absolute atomic E-state index is 4.51. The third kappa shape index (κ3) is 4.29. The van der Waals surface area contributed by atoms with E-state index in [1.807, 2.05) is 6.20 Å². The Hall–Kier alpha value is -0.440. The van der Waals surface area contributed by atoms with Crippen LogP contribution in [-0.4, -0.2) is 14.7 Å². The quantitative estimate of drug-likeness (QED) is 0.760. The molecule has 0 bridgehead atoms. The van der Waals surface area contributed by atoms with E-state index in [9.17, 15) is 0 Å². The smallest absolute Gasteiger partial charge is 0.111 e. The first-order valence-electron chi connectivity index (χ1n) is 5.45. The average Bonchev–Trinajstić information content (AvgIpc) is 2.45. The molecule has 3 heteroatoms. The van der Waals surface area contributed by atoms with Crippen LogP contribution in [0.5, 0.6) is 0 Å².